The van der Waals surface area contributed by atoms with Crippen LogP contribution in [-0.2, 0) is 11.8 Å². The summed E-state index contributed by atoms with van der Waals surface area (Å²) in [6.07, 6.45) is 10.0. The molecule has 0 bridgehead atoms. The van der Waals surface area contributed by atoms with Crippen LogP contribution in [0.5, 0.6) is 5.75 Å². The number of allylic oxidation sites excluding steroid dienone is 2. The van der Waals surface area contributed by atoms with Crippen LogP contribution in [0.15, 0.2) is 23.8 Å². The number of hydrogen-bond donors (Lipinski definition) is 0. The fourth-order valence-electron chi connectivity index (χ4n) is 4.95. The van der Waals surface area contributed by atoms with E-state index in [-0.39, 0.29) is 11.0 Å². The van der Waals surface area contributed by atoms with Crippen LogP contribution >= 0.6 is 0 Å². The lowest BCUT2D eigenvalue weighted by Crippen LogP contribution is -2.46. The second kappa shape index (κ2) is 7.06. The Hall–Kier alpha value is -1.24. The SMILES string of the molecule is CCCCCc1cc2c(c(C(C)(C)C)c1)[C@@H]1C=C(C)CC[C@H]1C(C)(C)O2. The highest BCUT2D eigenvalue weighted by atomic mass is 16.5. The van der Waals surface area contributed by atoms with Gasteiger partial charge in [-0.1, -0.05) is 58.3 Å². The summed E-state index contributed by atoms with van der Waals surface area (Å²) in [4.78, 5) is 0. The molecule has 1 aromatic rings. The molecule has 0 radical (unpaired) electrons. The molecule has 2 atom stereocenters. The van der Waals surface area contributed by atoms with Gasteiger partial charge < -0.3 is 4.74 Å². The van der Waals surface area contributed by atoms with Gasteiger partial charge in [0.1, 0.15) is 11.4 Å². The molecule has 1 aliphatic carbocycles. The average Bonchev–Trinajstić information content (AvgIpc) is 2.52. The van der Waals surface area contributed by atoms with Crippen LogP contribution in [0.1, 0.15) is 103 Å². The van der Waals surface area contributed by atoms with Gasteiger partial charge in [-0.15, -0.1) is 0 Å². The van der Waals surface area contributed by atoms with Crippen molar-refractivity contribution in [3.05, 3.63) is 40.5 Å². The number of rotatable bonds is 4. The van der Waals surface area contributed by atoms with Gasteiger partial charge in [0.15, 0.2) is 0 Å². The number of aryl methyl sites for hydroxylation is 1. The molecule has 1 aromatic carbocycles. The highest BCUT2D eigenvalue weighted by Crippen LogP contribution is 2.53. The molecule has 1 heteroatoms. The zero-order valence-electron chi connectivity index (χ0n) is 18.0. The lowest BCUT2D eigenvalue weighted by molar-refractivity contribution is 0.0109. The Morgan fingerprint density at radius 1 is 1.15 bits per heavy atom. The minimum atomic E-state index is -0.0912. The number of benzene rings is 1. The molecule has 1 heterocycles. The standard InChI is InChI=1S/C25H38O/c1-8-9-10-11-18-15-21(24(3,4)5)23-19-14-17(2)12-13-20(19)25(6,7)26-22(23)16-18/h14-16,19-20H,8-13H2,1-7H3/t19-,20-/m1/s1. The van der Waals surface area contributed by atoms with Crippen LogP contribution in [0.4, 0.5) is 0 Å². The Labute approximate surface area is 161 Å². The van der Waals surface area contributed by atoms with E-state index in [0.717, 1.165) is 12.2 Å². The monoisotopic (exact) mass is 354 g/mol. The van der Waals surface area contributed by atoms with E-state index in [1.165, 1.54) is 48.8 Å². The van der Waals surface area contributed by atoms with Crippen LogP contribution in [-0.4, -0.2) is 5.60 Å². The van der Waals surface area contributed by atoms with E-state index in [2.05, 4.69) is 66.7 Å². The summed E-state index contributed by atoms with van der Waals surface area (Å²) in [6, 6.07) is 4.85. The maximum absolute atomic E-state index is 6.68. The summed E-state index contributed by atoms with van der Waals surface area (Å²) in [5, 5.41) is 0. The molecule has 0 N–H and O–H groups in total. The highest BCUT2D eigenvalue weighted by Gasteiger charge is 2.45. The van der Waals surface area contributed by atoms with E-state index in [0.29, 0.717) is 11.8 Å². The molecule has 1 nitrogen and oxygen atoms in total. The van der Waals surface area contributed by atoms with Crippen molar-refractivity contribution in [1.82, 2.24) is 0 Å². The summed E-state index contributed by atoms with van der Waals surface area (Å²) in [5.74, 6) is 2.23. The van der Waals surface area contributed by atoms with E-state index in [1.54, 1.807) is 5.57 Å². The Morgan fingerprint density at radius 3 is 2.54 bits per heavy atom. The molecule has 0 saturated heterocycles. The molecule has 0 spiro atoms. The largest absolute Gasteiger partial charge is 0.487 e. The lowest BCUT2D eigenvalue weighted by atomic mass is 9.65. The second-order valence-electron chi connectivity index (χ2n) is 10.2. The van der Waals surface area contributed by atoms with Crippen molar-refractivity contribution in [3.63, 3.8) is 0 Å². The van der Waals surface area contributed by atoms with Gasteiger partial charge in [-0.05, 0) is 69.1 Å². The van der Waals surface area contributed by atoms with Gasteiger partial charge in [0.25, 0.3) is 0 Å². The lowest BCUT2D eigenvalue weighted by Gasteiger charge is -2.48. The van der Waals surface area contributed by atoms with E-state index >= 15 is 0 Å². The summed E-state index contributed by atoms with van der Waals surface area (Å²) < 4.78 is 6.68. The second-order valence-corrected chi connectivity index (χ2v) is 10.2. The quantitative estimate of drug-likeness (QED) is 0.406. The Morgan fingerprint density at radius 2 is 1.88 bits per heavy atom. The van der Waals surface area contributed by atoms with E-state index in [4.69, 9.17) is 4.74 Å². The first-order valence-corrected chi connectivity index (χ1v) is 10.7. The Kier molecular flexibility index (Phi) is 5.30. The summed E-state index contributed by atoms with van der Waals surface area (Å²) in [5.41, 5.74) is 6.01. The molecule has 0 saturated carbocycles. The zero-order valence-corrected chi connectivity index (χ0v) is 18.0. The molecule has 0 unspecified atom stereocenters. The van der Waals surface area contributed by atoms with Crippen LogP contribution in [0.2, 0.25) is 0 Å². The van der Waals surface area contributed by atoms with Gasteiger partial charge in [0.05, 0.1) is 0 Å². The first-order chi connectivity index (χ1) is 12.1. The van der Waals surface area contributed by atoms with Gasteiger partial charge in [-0.25, -0.2) is 0 Å². The third-order valence-corrected chi connectivity index (χ3v) is 6.43. The van der Waals surface area contributed by atoms with E-state index in [9.17, 15) is 0 Å². The average molecular weight is 355 g/mol. The topological polar surface area (TPSA) is 9.23 Å². The molecule has 0 amide bonds. The van der Waals surface area contributed by atoms with Crippen molar-refractivity contribution in [2.75, 3.05) is 0 Å². The minimum absolute atomic E-state index is 0.0912. The van der Waals surface area contributed by atoms with E-state index < -0.39 is 0 Å². The van der Waals surface area contributed by atoms with Crippen molar-refractivity contribution in [2.45, 2.75) is 104 Å². The van der Waals surface area contributed by atoms with Crippen molar-refractivity contribution in [1.29, 1.82) is 0 Å². The Bertz CT molecular complexity index is 687. The van der Waals surface area contributed by atoms with Gasteiger partial charge >= 0.3 is 0 Å². The van der Waals surface area contributed by atoms with Crippen LogP contribution in [0, 0.1) is 5.92 Å². The third-order valence-electron chi connectivity index (χ3n) is 6.43. The smallest absolute Gasteiger partial charge is 0.124 e. The first kappa shape index (κ1) is 19.5. The van der Waals surface area contributed by atoms with Crippen molar-refractivity contribution >= 4 is 0 Å². The molecule has 26 heavy (non-hydrogen) atoms. The van der Waals surface area contributed by atoms with Crippen LogP contribution in [0.25, 0.3) is 0 Å². The summed E-state index contributed by atoms with van der Waals surface area (Å²) >= 11 is 0. The highest BCUT2D eigenvalue weighted by molar-refractivity contribution is 5.53. The van der Waals surface area contributed by atoms with Crippen LogP contribution in [0.3, 0.4) is 0 Å². The molecule has 144 valence electrons. The first-order valence-electron chi connectivity index (χ1n) is 10.7. The molecule has 2 aliphatic rings. The van der Waals surface area contributed by atoms with Gasteiger partial charge in [0.2, 0.25) is 0 Å². The molecule has 0 fully saturated rings. The molecular weight excluding hydrogens is 316 g/mol. The van der Waals surface area contributed by atoms with Gasteiger partial charge in [-0.3, -0.25) is 0 Å². The maximum Gasteiger partial charge on any atom is 0.124 e. The van der Waals surface area contributed by atoms with Crippen molar-refractivity contribution in [2.24, 2.45) is 5.92 Å². The van der Waals surface area contributed by atoms with Crippen molar-refractivity contribution in [3.8, 4) is 5.75 Å². The number of ether oxygens (including phenoxy) is 1. The number of hydrogen-bond acceptors (Lipinski definition) is 1. The number of fused-ring (bicyclic) bond motifs is 3. The van der Waals surface area contributed by atoms with Gasteiger partial charge in [-0.2, -0.15) is 0 Å². The minimum Gasteiger partial charge on any atom is -0.487 e. The third kappa shape index (κ3) is 3.73. The molecule has 1 aliphatic heterocycles. The predicted octanol–water partition coefficient (Wildman–Crippen LogP) is 7.33. The Balaban J connectivity index is 2.13. The normalized spacial score (nSPS) is 24.3. The fourth-order valence-corrected chi connectivity index (χ4v) is 4.95. The number of unbranched alkanes of at least 4 members (excludes halogenated alkanes) is 2. The van der Waals surface area contributed by atoms with Crippen molar-refractivity contribution < 1.29 is 4.74 Å². The predicted molar refractivity (Wildman–Crippen MR) is 112 cm³/mol. The molecule has 0 aromatic heterocycles. The fraction of sp³-hybridized carbons (Fsp3) is 0.680. The zero-order chi connectivity index (χ0) is 19.1. The van der Waals surface area contributed by atoms with Crippen LogP contribution < -0.4 is 4.74 Å². The molecule has 3 rings (SSSR count). The van der Waals surface area contributed by atoms with E-state index in [1.807, 2.05) is 0 Å². The maximum atomic E-state index is 6.68. The van der Waals surface area contributed by atoms with Gasteiger partial charge in [0, 0.05) is 17.4 Å². The summed E-state index contributed by atoms with van der Waals surface area (Å²) in [7, 11) is 0. The summed E-state index contributed by atoms with van der Waals surface area (Å²) in [6.45, 7) is 16.2. The molecular formula is C25H38O.